The number of allylic oxidation sites excluding steroid dienone is 3. The molecular weight excluding hydrogens is 391 g/mol. The van der Waals surface area contributed by atoms with E-state index < -0.39 is 0 Å². The van der Waals surface area contributed by atoms with Crippen LogP contribution in [0.4, 0.5) is 0 Å². The third-order valence-corrected chi connectivity index (χ3v) is 6.83. The van der Waals surface area contributed by atoms with Crippen molar-refractivity contribution in [2.75, 3.05) is 6.61 Å². The van der Waals surface area contributed by atoms with E-state index in [0.29, 0.717) is 24.7 Å². The molecule has 0 radical (unpaired) electrons. The van der Waals surface area contributed by atoms with Crippen molar-refractivity contribution in [2.24, 2.45) is 29.6 Å². The van der Waals surface area contributed by atoms with E-state index in [0.717, 1.165) is 32.1 Å². The minimum atomic E-state index is -0.383. The van der Waals surface area contributed by atoms with Gasteiger partial charge < -0.3 is 20.0 Å². The van der Waals surface area contributed by atoms with Crippen molar-refractivity contribution in [1.29, 1.82) is 0 Å². The van der Waals surface area contributed by atoms with Crippen LogP contribution < -0.4 is 34.8 Å². The Morgan fingerprint density at radius 1 is 1.33 bits per heavy atom. The van der Waals surface area contributed by atoms with Gasteiger partial charge in [0.1, 0.15) is 6.10 Å². The molecule has 166 valence electrons. The van der Waals surface area contributed by atoms with Crippen LogP contribution in [0.3, 0.4) is 0 Å². The summed E-state index contributed by atoms with van der Waals surface area (Å²) in [6.45, 7) is 8.40. The van der Waals surface area contributed by atoms with Crippen LogP contribution in [0.2, 0.25) is 0 Å². The van der Waals surface area contributed by atoms with E-state index in [1.54, 1.807) is 0 Å². The number of hydrogen-bond acceptors (Lipinski definition) is 5. The summed E-state index contributed by atoms with van der Waals surface area (Å²) in [5, 5.41) is 20.7. The van der Waals surface area contributed by atoms with E-state index >= 15 is 0 Å². The van der Waals surface area contributed by atoms with Gasteiger partial charge in [-0.2, -0.15) is 0 Å². The summed E-state index contributed by atoms with van der Waals surface area (Å²) >= 11 is 0. The maximum absolute atomic E-state index is 12.4. The topological polar surface area (TPSA) is 78.8 Å². The molecule has 0 bridgehead atoms. The number of carbonyl (C=O) groups is 1. The number of esters is 1. The largest absolute Gasteiger partial charge is 1.00 e. The van der Waals surface area contributed by atoms with Crippen LogP contribution in [0.5, 0.6) is 0 Å². The molecule has 7 atom stereocenters. The molecule has 0 saturated carbocycles. The van der Waals surface area contributed by atoms with Gasteiger partial charge in [0.2, 0.25) is 0 Å². The van der Waals surface area contributed by atoms with Gasteiger partial charge in [0.15, 0.2) is 0 Å². The Bertz CT molecular complexity index is 576. The third kappa shape index (κ3) is 8.07. The van der Waals surface area contributed by atoms with Gasteiger partial charge >= 0.3 is 35.5 Å². The predicted molar refractivity (Wildman–Crippen MR) is 112 cm³/mol. The molecule has 5 nitrogen and oxygen atoms in total. The Balaban J connectivity index is 0.00000450. The summed E-state index contributed by atoms with van der Waals surface area (Å²) in [4.78, 5) is 16.4. The summed E-state index contributed by atoms with van der Waals surface area (Å²) in [7, 11) is 0. The zero-order valence-corrected chi connectivity index (χ0v) is 21.5. The number of aliphatic hydroxyl groups is 1. The Kier molecular flexibility index (Phi) is 13.1. The average Bonchev–Trinajstić information content (AvgIpc) is 2.71. The Labute approximate surface area is 204 Å². The van der Waals surface area contributed by atoms with Crippen LogP contribution in [-0.2, 0) is 14.4 Å². The average molecular weight is 431 g/mol. The Hall–Kier alpha value is -0.170. The number of rotatable bonds is 11. The second-order valence-corrected chi connectivity index (χ2v) is 9.16. The van der Waals surface area contributed by atoms with Crippen molar-refractivity contribution >= 4 is 5.97 Å². The molecule has 0 amide bonds. The molecule has 2 rings (SSSR count). The van der Waals surface area contributed by atoms with E-state index in [2.05, 4.69) is 30.0 Å². The molecule has 2 aliphatic rings. The first-order chi connectivity index (χ1) is 13.9. The molecule has 0 aromatic heterocycles. The smallest absolute Gasteiger partial charge is 0.723 e. The van der Waals surface area contributed by atoms with Crippen LogP contribution in [0.15, 0.2) is 23.8 Å². The van der Waals surface area contributed by atoms with Gasteiger partial charge in [0.25, 0.3) is 0 Å². The summed E-state index contributed by atoms with van der Waals surface area (Å²) in [6.07, 6.45) is 11.9. The van der Waals surface area contributed by atoms with Gasteiger partial charge in [0.05, 0.1) is 12.0 Å². The van der Waals surface area contributed by atoms with E-state index in [4.69, 9.17) is 4.74 Å². The molecular formula is C24H39NaO5. The summed E-state index contributed by atoms with van der Waals surface area (Å²) in [5.74, 6) is 1.07. The number of hydrogen-bond donors (Lipinski definition) is 1. The van der Waals surface area contributed by atoms with Crippen molar-refractivity contribution < 1.29 is 54.3 Å². The number of carbonyl (C=O) groups excluding carboxylic acids is 1. The molecule has 6 heteroatoms. The first-order valence-electron chi connectivity index (χ1n) is 11.4. The second-order valence-electron chi connectivity index (χ2n) is 9.16. The maximum Gasteiger partial charge on any atom is 1.00 e. The number of fused-ring (bicyclic) bond motifs is 1. The van der Waals surface area contributed by atoms with Gasteiger partial charge in [-0.25, -0.2) is 0 Å². The maximum atomic E-state index is 12.4. The molecule has 30 heavy (non-hydrogen) atoms. The predicted octanol–water partition coefficient (Wildman–Crippen LogP) is 0.956. The third-order valence-electron chi connectivity index (χ3n) is 6.83. The quantitative estimate of drug-likeness (QED) is 0.229. The van der Waals surface area contributed by atoms with Crippen LogP contribution >= 0.6 is 0 Å². The molecule has 0 aliphatic heterocycles. The van der Waals surface area contributed by atoms with Crippen molar-refractivity contribution in [2.45, 2.75) is 84.8 Å². The summed E-state index contributed by atoms with van der Waals surface area (Å²) in [5.41, 5.74) is 1.29. The molecule has 0 saturated heterocycles. The second kappa shape index (κ2) is 14.1. The van der Waals surface area contributed by atoms with Gasteiger partial charge in [-0.15, -0.1) is 0 Å². The standard InChI is InChI=1S/C24H40O5.Na/c1-5-17(3)24(26)29-22-8-6-7-19-10-9-18(4)21(23(19)22)12-11-20(25)15-16(2)13-14-28-27;/h7,9-10,16-18,20-23,25,27H,5-6,8,11-15H2,1-4H3;/q;+1/p-1/t16-,17?,18?,20+,21?,22?,23?;/m0./s1. The summed E-state index contributed by atoms with van der Waals surface area (Å²) < 4.78 is 5.99. The Morgan fingerprint density at radius 3 is 2.73 bits per heavy atom. The fourth-order valence-corrected chi connectivity index (χ4v) is 4.72. The van der Waals surface area contributed by atoms with Crippen LogP contribution in [0.1, 0.15) is 72.6 Å². The van der Waals surface area contributed by atoms with Gasteiger partial charge in [-0.05, 0) is 68.3 Å². The summed E-state index contributed by atoms with van der Waals surface area (Å²) in [6, 6.07) is 0. The Morgan fingerprint density at radius 2 is 2.07 bits per heavy atom. The van der Waals surface area contributed by atoms with Gasteiger partial charge in [-0.3, -0.25) is 4.79 Å². The monoisotopic (exact) mass is 430 g/mol. The van der Waals surface area contributed by atoms with Gasteiger partial charge in [-0.1, -0.05) is 45.9 Å². The van der Waals surface area contributed by atoms with Crippen LogP contribution in [0, 0.1) is 29.6 Å². The van der Waals surface area contributed by atoms with Crippen molar-refractivity contribution in [3.8, 4) is 0 Å². The minimum absolute atomic E-state index is 0. The SMILES string of the molecule is CCC(C)C(=O)OC1CCC=C2C=CC(C)C(CC[C@@H](O)C[C@@H](C)CCO[O-])C21.[Na+]. The van der Waals surface area contributed by atoms with E-state index in [1.165, 1.54) is 5.57 Å². The van der Waals surface area contributed by atoms with E-state index in [-0.39, 0.29) is 72.1 Å². The molecule has 2 aliphatic carbocycles. The molecule has 0 fully saturated rings. The molecule has 1 N–H and O–H groups in total. The zero-order valence-electron chi connectivity index (χ0n) is 19.5. The fraction of sp³-hybridized carbons (Fsp3) is 0.792. The first kappa shape index (κ1) is 27.9. The minimum Gasteiger partial charge on any atom is -0.723 e. The molecule has 0 heterocycles. The normalized spacial score (nSPS) is 28.5. The van der Waals surface area contributed by atoms with Gasteiger partial charge in [0, 0.05) is 12.5 Å². The van der Waals surface area contributed by atoms with Crippen molar-refractivity contribution in [3.05, 3.63) is 23.8 Å². The molecule has 0 aromatic carbocycles. The first-order valence-corrected chi connectivity index (χ1v) is 11.4. The van der Waals surface area contributed by atoms with Crippen LogP contribution in [0.25, 0.3) is 0 Å². The van der Waals surface area contributed by atoms with E-state index in [9.17, 15) is 15.2 Å². The molecule has 0 spiro atoms. The van der Waals surface area contributed by atoms with E-state index in [1.807, 2.05) is 20.8 Å². The number of aliphatic hydroxyl groups excluding tert-OH is 1. The molecule has 0 aromatic rings. The number of ether oxygens (including phenoxy) is 1. The fourth-order valence-electron chi connectivity index (χ4n) is 4.72. The van der Waals surface area contributed by atoms with Crippen molar-refractivity contribution in [3.63, 3.8) is 0 Å². The molecule has 5 unspecified atom stereocenters. The zero-order chi connectivity index (χ0) is 21.4. The van der Waals surface area contributed by atoms with Crippen molar-refractivity contribution in [1.82, 2.24) is 0 Å². The van der Waals surface area contributed by atoms with Crippen LogP contribution in [-0.4, -0.2) is 29.9 Å².